The first kappa shape index (κ1) is 12.3. The fourth-order valence-corrected chi connectivity index (χ4v) is 2.24. The average Bonchev–Trinajstić information content (AvgIpc) is 2.34. The SMILES string of the molecule is CNc1cc(CN2CCN(C)C(C)C2)ccn1. The van der Waals surface area contributed by atoms with E-state index in [0.29, 0.717) is 6.04 Å². The highest BCUT2D eigenvalue weighted by Gasteiger charge is 2.20. The van der Waals surface area contributed by atoms with Crippen LogP contribution in [0.4, 0.5) is 5.82 Å². The molecule has 1 atom stereocenters. The number of hydrogen-bond acceptors (Lipinski definition) is 4. The number of nitrogens with zero attached hydrogens (tertiary/aromatic N) is 3. The zero-order chi connectivity index (χ0) is 12.3. The van der Waals surface area contributed by atoms with Crippen LogP contribution in [0.3, 0.4) is 0 Å². The number of hydrogen-bond donors (Lipinski definition) is 1. The van der Waals surface area contributed by atoms with E-state index < -0.39 is 0 Å². The zero-order valence-corrected chi connectivity index (χ0v) is 11.0. The minimum Gasteiger partial charge on any atom is -0.373 e. The van der Waals surface area contributed by atoms with Gasteiger partial charge in [-0.05, 0) is 31.7 Å². The highest BCUT2D eigenvalue weighted by atomic mass is 15.3. The summed E-state index contributed by atoms with van der Waals surface area (Å²) < 4.78 is 0. The maximum absolute atomic E-state index is 4.24. The first-order valence-electron chi connectivity index (χ1n) is 6.24. The molecule has 4 heteroatoms. The molecule has 1 fully saturated rings. The van der Waals surface area contributed by atoms with Gasteiger partial charge in [0.05, 0.1) is 0 Å². The van der Waals surface area contributed by atoms with Gasteiger partial charge in [-0.1, -0.05) is 0 Å². The molecule has 1 saturated heterocycles. The first-order chi connectivity index (χ1) is 8.19. The number of rotatable bonds is 3. The predicted octanol–water partition coefficient (Wildman–Crippen LogP) is 1.26. The van der Waals surface area contributed by atoms with Crippen LogP contribution < -0.4 is 5.32 Å². The van der Waals surface area contributed by atoms with Crippen molar-refractivity contribution in [2.75, 3.05) is 39.0 Å². The van der Waals surface area contributed by atoms with Crippen molar-refractivity contribution in [3.05, 3.63) is 23.9 Å². The number of anilines is 1. The topological polar surface area (TPSA) is 31.4 Å². The highest BCUT2D eigenvalue weighted by molar-refractivity contribution is 5.36. The molecule has 1 aliphatic heterocycles. The van der Waals surface area contributed by atoms with Crippen molar-refractivity contribution in [2.24, 2.45) is 0 Å². The lowest BCUT2D eigenvalue weighted by molar-refractivity contribution is 0.1000. The van der Waals surface area contributed by atoms with E-state index in [1.807, 2.05) is 13.2 Å². The fraction of sp³-hybridized carbons (Fsp3) is 0.615. The van der Waals surface area contributed by atoms with E-state index in [9.17, 15) is 0 Å². The third-order valence-corrected chi connectivity index (χ3v) is 3.53. The van der Waals surface area contributed by atoms with Crippen LogP contribution in [-0.2, 0) is 6.54 Å². The third-order valence-electron chi connectivity index (χ3n) is 3.53. The molecule has 0 saturated carbocycles. The molecule has 1 aliphatic rings. The lowest BCUT2D eigenvalue weighted by atomic mass is 10.1. The Morgan fingerprint density at radius 3 is 3.00 bits per heavy atom. The van der Waals surface area contributed by atoms with E-state index in [2.05, 4.69) is 46.2 Å². The summed E-state index contributed by atoms with van der Waals surface area (Å²) in [4.78, 5) is 9.17. The molecule has 1 aromatic rings. The Bertz CT molecular complexity index is 366. The number of nitrogens with one attached hydrogen (secondary N) is 1. The Morgan fingerprint density at radius 1 is 1.47 bits per heavy atom. The Balaban J connectivity index is 1.96. The van der Waals surface area contributed by atoms with Gasteiger partial charge in [0, 0.05) is 45.5 Å². The summed E-state index contributed by atoms with van der Waals surface area (Å²) >= 11 is 0. The van der Waals surface area contributed by atoms with E-state index in [0.717, 1.165) is 32.0 Å². The second-order valence-corrected chi connectivity index (χ2v) is 4.86. The molecule has 1 aromatic heterocycles. The summed E-state index contributed by atoms with van der Waals surface area (Å²) in [6, 6.07) is 4.88. The van der Waals surface area contributed by atoms with Crippen LogP contribution in [-0.4, -0.2) is 54.6 Å². The second kappa shape index (κ2) is 5.47. The van der Waals surface area contributed by atoms with Crippen molar-refractivity contribution >= 4 is 5.82 Å². The number of pyridine rings is 1. The van der Waals surface area contributed by atoms with Crippen LogP contribution in [0.15, 0.2) is 18.3 Å². The van der Waals surface area contributed by atoms with Crippen LogP contribution in [0.2, 0.25) is 0 Å². The van der Waals surface area contributed by atoms with E-state index in [1.54, 1.807) is 0 Å². The van der Waals surface area contributed by atoms with E-state index >= 15 is 0 Å². The molecule has 94 valence electrons. The molecule has 0 aromatic carbocycles. The van der Waals surface area contributed by atoms with E-state index in [-0.39, 0.29) is 0 Å². The van der Waals surface area contributed by atoms with Crippen molar-refractivity contribution in [1.29, 1.82) is 0 Å². The molecule has 0 aliphatic carbocycles. The van der Waals surface area contributed by atoms with Gasteiger partial charge in [0.25, 0.3) is 0 Å². The molecule has 17 heavy (non-hydrogen) atoms. The predicted molar refractivity (Wildman–Crippen MR) is 71.2 cm³/mol. The van der Waals surface area contributed by atoms with Crippen LogP contribution >= 0.6 is 0 Å². The molecule has 1 N–H and O–H groups in total. The Kier molecular flexibility index (Phi) is 3.97. The van der Waals surface area contributed by atoms with Gasteiger partial charge in [-0.25, -0.2) is 4.98 Å². The zero-order valence-electron chi connectivity index (χ0n) is 11.0. The molecule has 4 nitrogen and oxygen atoms in total. The maximum atomic E-state index is 4.24. The van der Waals surface area contributed by atoms with Gasteiger partial charge in [0.15, 0.2) is 0 Å². The second-order valence-electron chi connectivity index (χ2n) is 4.86. The molecular formula is C13H22N4. The summed E-state index contributed by atoms with van der Waals surface area (Å²) in [6.07, 6.45) is 1.88. The number of aromatic nitrogens is 1. The third kappa shape index (κ3) is 3.17. The smallest absolute Gasteiger partial charge is 0.125 e. The lowest BCUT2D eigenvalue weighted by Crippen LogP contribution is -2.49. The van der Waals surface area contributed by atoms with Crippen molar-refractivity contribution < 1.29 is 0 Å². The minimum absolute atomic E-state index is 0.648. The lowest BCUT2D eigenvalue weighted by Gasteiger charge is -2.37. The van der Waals surface area contributed by atoms with E-state index in [4.69, 9.17) is 0 Å². The standard InChI is InChI=1S/C13H22N4/c1-11-9-17(7-6-16(11)3)10-12-4-5-15-13(8-12)14-2/h4-5,8,11H,6-7,9-10H2,1-3H3,(H,14,15). The Labute approximate surface area is 104 Å². The minimum atomic E-state index is 0.648. The van der Waals surface area contributed by atoms with Crippen molar-refractivity contribution in [2.45, 2.75) is 19.5 Å². The fourth-order valence-electron chi connectivity index (χ4n) is 2.24. The summed E-state index contributed by atoms with van der Waals surface area (Å²) in [5.74, 6) is 0.949. The van der Waals surface area contributed by atoms with Gasteiger partial charge in [-0.15, -0.1) is 0 Å². The molecule has 2 rings (SSSR count). The van der Waals surface area contributed by atoms with Crippen molar-refractivity contribution in [3.8, 4) is 0 Å². The summed E-state index contributed by atoms with van der Waals surface area (Å²) in [5, 5.41) is 3.08. The Morgan fingerprint density at radius 2 is 2.29 bits per heavy atom. The van der Waals surface area contributed by atoms with Crippen molar-refractivity contribution in [1.82, 2.24) is 14.8 Å². The number of likely N-dealkylation sites (N-methyl/N-ethyl adjacent to an activating group) is 1. The van der Waals surface area contributed by atoms with Gasteiger partial charge in [0.1, 0.15) is 5.82 Å². The monoisotopic (exact) mass is 234 g/mol. The van der Waals surface area contributed by atoms with Gasteiger partial charge >= 0.3 is 0 Å². The first-order valence-corrected chi connectivity index (χ1v) is 6.24. The molecule has 0 amide bonds. The van der Waals surface area contributed by atoms with Gasteiger partial charge < -0.3 is 10.2 Å². The normalized spacial score (nSPS) is 22.6. The van der Waals surface area contributed by atoms with Gasteiger partial charge in [0.2, 0.25) is 0 Å². The van der Waals surface area contributed by atoms with Crippen LogP contribution in [0, 0.1) is 0 Å². The van der Waals surface area contributed by atoms with Crippen LogP contribution in [0.5, 0.6) is 0 Å². The molecular weight excluding hydrogens is 212 g/mol. The van der Waals surface area contributed by atoms with Gasteiger partial charge in [-0.2, -0.15) is 0 Å². The molecule has 2 heterocycles. The number of piperazine rings is 1. The summed E-state index contributed by atoms with van der Waals surface area (Å²) in [5.41, 5.74) is 1.33. The molecule has 0 spiro atoms. The maximum Gasteiger partial charge on any atom is 0.125 e. The van der Waals surface area contributed by atoms with Gasteiger partial charge in [-0.3, -0.25) is 4.90 Å². The molecule has 0 radical (unpaired) electrons. The summed E-state index contributed by atoms with van der Waals surface area (Å²) in [6.45, 7) is 6.77. The van der Waals surface area contributed by atoms with Crippen LogP contribution in [0.25, 0.3) is 0 Å². The molecule has 1 unspecified atom stereocenters. The highest BCUT2D eigenvalue weighted by Crippen LogP contribution is 2.13. The quantitative estimate of drug-likeness (QED) is 0.853. The van der Waals surface area contributed by atoms with Crippen molar-refractivity contribution in [3.63, 3.8) is 0 Å². The Hall–Kier alpha value is -1.13. The van der Waals surface area contributed by atoms with E-state index in [1.165, 1.54) is 5.56 Å². The largest absolute Gasteiger partial charge is 0.373 e. The molecule has 0 bridgehead atoms. The average molecular weight is 234 g/mol. The summed E-state index contributed by atoms with van der Waals surface area (Å²) in [7, 11) is 4.11. The van der Waals surface area contributed by atoms with Crippen LogP contribution in [0.1, 0.15) is 12.5 Å².